The van der Waals surface area contributed by atoms with Crippen LogP contribution in [0.2, 0.25) is 0 Å². The number of hydrogen-bond acceptors (Lipinski definition) is 1. The van der Waals surface area contributed by atoms with Crippen LogP contribution in [0, 0.1) is 18.6 Å². The van der Waals surface area contributed by atoms with E-state index >= 15 is 0 Å². The molecular weight excluding hydrogens is 280 g/mol. The molecule has 0 amide bonds. The van der Waals surface area contributed by atoms with Crippen molar-refractivity contribution in [3.8, 4) is 11.1 Å². The van der Waals surface area contributed by atoms with Gasteiger partial charge in [-0.2, -0.15) is 0 Å². The van der Waals surface area contributed by atoms with E-state index in [9.17, 15) is 8.78 Å². The minimum atomic E-state index is -0.771. The van der Waals surface area contributed by atoms with Crippen molar-refractivity contribution in [3.05, 3.63) is 59.2 Å². The Hall–Kier alpha value is -1.74. The molecule has 0 saturated heterocycles. The van der Waals surface area contributed by atoms with Crippen molar-refractivity contribution in [1.29, 1.82) is 0 Å². The summed E-state index contributed by atoms with van der Waals surface area (Å²) in [4.78, 5) is 0. The highest BCUT2D eigenvalue weighted by atomic mass is 19.2. The first kappa shape index (κ1) is 15.2. The van der Waals surface area contributed by atoms with Crippen LogP contribution in [-0.2, 0) is 0 Å². The lowest BCUT2D eigenvalue weighted by molar-refractivity contribution is 0.393. The van der Waals surface area contributed by atoms with Crippen LogP contribution in [0.1, 0.15) is 42.7 Å². The number of aryl methyl sites for hydroxylation is 1. The van der Waals surface area contributed by atoms with E-state index in [0.717, 1.165) is 25.7 Å². The first-order valence-corrected chi connectivity index (χ1v) is 7.87. The summed E-state index contributed by atoms with van der Waals surface area (Å²) in [6, 6.07) is 11.3. The van der Waals surface area contributed by atoms with Gasteiger partial charge in [0, 0.05) is 11.6 Å². The maximum atomic E-state index is 14.1. The molecule has 2 aromatic rings. The third-order valence-electron chi connectivity index (χ3n) is 4.68. The van der Waals surface area contributed by atoms with Gasteiger partial charge in [-0.25, -0.2) is 8.78 Å². The van der Waals surface area contributed by atoms with Crippen molar-refractivity contribution < 1.29 is 8.78 Å². The quantitative estimate of drug-likeness (QED) is 0.836. The molecule has 116 valence electrons. The second-order valence-electron chi connectivity index (χ2n) is 6.30. The number of halogens is 2. The Morgan fingerprint density at radius 1 is 0.955 bits per heavy atom. The van der Waals surface area contributed by atoms with E-state index in [-0.39, 0.29) is 6.04 Å². The second kappa shape index (κ2) is 6.17. The Morgan fingerprint density at radius 2 is 1.68 bits per heavy atom. The highest BCUT2D eigenvalue weighted by Crippen LogP contribution is 2.34. The molecule has 0 heterocycles. The van der Waals surface area contributed by atoms with Gasteiger partial charge in [-0.3, -0.25) is 0 Å². The molecule has 0 radical (unpaired) electrons. The molecule has 3 rings (SSSR count). The van der Waals surface area contributed by atoms with Gasteiger partial charge in [-0.05, 0) is 48.8 Å². The third kappa shape index (κ3) is 2.91. The molecule has 3 heteroatoms. The van der Waals surface area contributed by atoms with Crippen molar-refractivity contribution in [2.24, 2.45) is 5.73 Å². The van der Waals surface area contributed by atoms with Crippen molar-refractivity contribution >= 4 is 0 Å². The summed E-state index contributed by atoms with van der Waals surface area (Å²) in [6.45, 7) is 1.57. The molecule has 0 aliphatic heterocycles. The van der Waals surface area contributed by atoms with Crippen LogP contribution in [0.5, 0.6) is 0 Å². The molecule has 2 N–H and O–H groups in total. The largest absolute Gasteiger partial charge is 0.328 e. The van der Waals surface area contributed by atoms with Gasteiger partial charge in [0.1, 0.15) is 0 Å². The van der Waals surface area contributed by atoms with E-state index in [2.05, 4.69) is 0 Å². The van der Waals surface area contributed by atoms with Gasteiger partial charge in [0.15, 0.2) is 11.6 Å². The summed E-state index contributed by atoms with van der Waals surface area (Å²) in [5.41, 5.74) is 8.64. The van der Waals surface area contributed by atoms with Crippen LogP contribution in [0.15, 0.2) is 36.4 Å². The van der Waals surface area contributed by atoms with Crippen LogP contribution < -0.4 is 5.73 Å². The molecule has 1 aliphatic carbocycles. The Morgan fingerprint density at radius 3 is 2.36 bits per heavy atom. The highest BCUT2D eigenvalue weighted by molar-refractivity contribution is 5.65. The minimum absolute atomic E-state index is 0.280. The van der Waals surface area contributed by atoms with Crippen LogP contribution in [0.4, 0.5) is 8.78 Å². The van der Waals surface area contributed by atoms with E-state index < -0.39 is 11.6 Å². The van der Waals surface area contributed by atoms with Crippen LogP contribution in [0.3, 0.4) is 0 Å². The summed E-state index contributed by atoms with van der Waals surface area (Å²) in [6.07, 6.45) is 4.42. The fourth-order valence-corrected chi connectivity index (χ4v) is 3.33. The number of nitrogens with two attached hydrogens (primary N) is 1. The molecule has 1 nitrogen and oxygen atoms in total. The van der Waals surface area contributed by atoms with Crippen LogP contribution in [0.25, 0.3) is 11.1 Å². The van der Waals surface area contributed by atoms with Crippen molar-refractivity contribution in [2.45, 2.75) is 44.6 Å². The zero-order chi connectivity index (χ0) is 15.7. The Labute approximate surface area is 130 Å². The molecule has 1 aliphatic rings. The molecule has 0 bridgehead atoms. The van der Waals surface area contributed by atoms with Gasteiger partial charge in [-0.1, -0.05) is 42.8 Å². The van der Waals surface area contributed by atoms with E-state index in [1.54, 1.807) is 19.1 Å². The number of benzene rings is 2. The SMILES string of the molecule is Cc1ccc(-c2ccc([C@H]3CCCC(N)C3)cc2)c(F)c1F. The van der Waals surface area contributed by atoms with E-state index in [0.29, 0.717) is 22.6 Å². The standard InChI is InChI=1S/C19H21F2N/c1-12-5-10-17(19(21)18(12)20)14-8-6-13(7-9-14)15-3-2-4-16(22)11-15/h5-10,15-16H,2-4,11,22H2,1H3/t15-,16?/m0/s1. The van der Waals surface area contributed by atoms with Crippen molar-refractivity contribution in [3.63, 3.8) is 0 Å². The summed E-state index contributed by atoms with van der Waals surface area (Å²) in [5.74, 6) is -1.05. The lowest BCUT2D eigenvalue weighted by atomic mass is 9.81. The minimum Gasteiger partial charge on any atom is -0.328 e. The van der Waals surface area contributed by atoms with Crippen LogP contribution >= 0.6 is 0 Å². The first-order valence-electron chi connectivity index (χ1n) is 7.87. The van der Waals surface area contributed by atoms with E-state index in [4.69, 9.17) is 5.73 Å². The topological polar surface area (TPSA) is 26.0 Å². The fraction of sp³-hybridized carbons (Fsp3) is 0.368. The zero-order valence-electron chi connectivity index (χ0n) is 12.8. The molecular formula is C19H21F2N. The van der Waals surface area contributed by atoms with Gasteiger partial charge < -0.3 is 5.73 Å². The first-order chi connectivity index (χ1) is 10.6. The predicted molar refractivity (Wildman–Crippen MR) is 85.7 cm³/mol. The maximum Gasteiger partial charge on any atom is 0.166 e. The third-order valence-corrected chi connectivity index (χ3v) is 4.68. The number of hydrogen-bond donors (Lipinski definition) is 1. The summed E-state index contributed by atoms with van der Waals surface area (Å²) in [7, 11) is 0. The predicted octanol–water partition coefficient (Wildman–Crippen LogP) is 4.93. The maximum absolute atomic E-state index is 14.1. The van der Waals surface area contributed by atoms with Gasteiger partial charge in [0.05, 0.1) is 0 Å². The average molecular weight is 301 g/mol. The average Bonchev–Trinajstić information content (AvgIpc) is 2.53. The molecule has 0 spiro atoms. The molecule has 1 unspecified atom stereocenters. The second-order valence-corrected chi connectivity index (χ2v) is 6.30. The molecule has 1 saturated carbocycles. The number of rotatable bonds is 2. The Bertz CT molecular complexity index is 664. The Kier molecular flexibility index (Phi) is 4.25. The van der Waals surface area contributed by atoms with Crippen molar-refractivity contribution in [2.75, 3.05) is 0 Å². The zero-order valence-corrected chi connectivity index (χ0v) is 12.8. The van der Waals surface area contributed by atoms with Crippen molar-refractivity contribution in [1.82, 2.24) is 0 Å². The van der Waals surface area contributed by atoms with E-state index in [1.807, 2.05) is 24.3 Å². The Balaban J connectivity index is 1.87. The summed E-state index contributed by atoms with van der Waals surface area (Å²) < 4.78 is 27.8. The smallest absolute Gasteiger partial charge is 0.166 e. The fourth-order valence-electron chi connectivity index (χ4n) is 3.33. The van der Waals surface area contributed by atoms with Gasteiger partial charge >= 0.3 is 0 Å². The van der Waals surface area contributed by atoms with Gasteiger partial charge in [0.2, 0.25) is 0 Å². The lowest BCUT2D eigenvalue weighted by Crippen LogP contribution is -2.26. The molecule has 2 atom stereocenters. The lowest BCUT2D eigenvalue weighted by Gasteiger charge is -2.27. The summed E-state index contributed by atoms with van der Waals surface area (Å²) >= 11 is 0. The molecule has 22 heavy (non-hydrogen) atoms. The molecule has 0 aromatic heterocycles. The van der Waals surface area contributed by atoms with E-state index in [1.165, 1.54) is 5.56 Å². The van der Waals surface area contributed by atoms with Gasteiger partial charge in [0.25, 0.3) is 0 Å². The molecule has 1 fully saturated rings. The molecule has 2 aromatic carbocycles. The summed E-state index contributed by atoms with van der Waals surface area (Å²) in [5, 5.41) is 0. The highest BCUT2D eigenvalue weighted by Gasteiger charge is 2.21. The normalized spacial score (nSPS) is 21.8. The van der Waals surface area contributed by atoms with Gasteiger partial charge in [-0.15, -0.1) is 0 Å². The van der Waals surface area contributed by atoms with Crippen LogP contribution in [-0.4, -0.2) is 6.04 Å². The monoisotopic (exact) mass is 301 g/mol.